The van der Waals surface area contributed by atoms with Crippen molar-refractivity contribution in [2.75, 3.05) is 0 Å². The first-order valence-electron chi connectivity index (χ1n) is 9.87. The van der Waals surface area contributed by atoms with Crippen molar-refractivity contribution in [3.63, 3.8) is 0 Å². The topological polar surface area (TPSA) is 47.6 Å². The molecule has 0 heterocycles. The molecular weight excluding hydrogens is 393 g/mol. The van der Waals surface area contributed by atoms with Crippen LogP contribution in [0.1, 0.15) is 57.4 Å². The van der Waals surface area contributed by atoms with E-state index in [1.165, 1.54) is 0 Å². The SMILES string of the molecule is CCC(C)OP(=O)(OC(C)CC)C(NCc1ccccc1)c1ccc(Cl)cc1. The molecule has 0 spiro atoms. The number of rotatable bonds is 11. The Morgan fingerprint density at radius 2 is 1.46 bits per heavy atom. The average molecular weight is 424 g/mol. The van der Waals surface area contributed by atoms with Crippen LogP contribution in [0.15, 0.2) is 54.6 Å². The minimum absolute atomic E-state index is 0.178. The Morgan fingerprint density at radius 1 is 0.929 bits per heavy atom. The van der Waals surface area contributed by atoms with Gasteiger partial charge in [0.2, 0.25) is 0 Å². The lowest BCUT2D eigenvalue weighted by molar-refractivity contribution is 0.115. The van der Waals surface area contributed by atoms with E-state index in [2.05, 4.69) is 5.32 Å². The number of hydrogen-bond donors (Lipinski definition) is 1. The summed E-state index contributed by atoms with van der Waals surface area (Å²) in [5.41, 5.74) is 1.93. The summed E-state index contributed by atoms with van der Waals surface area (Å²) in [5, 5.41) is 4.05. The maximum Gasteiger partial charge on any atom is 0.352 e. The summed E-state index contributed by atoms with van der Waals surface area (Å²) >= 11 is 6.07. The van der Waals surface area contributed by atoms with Crippen LogP contribution in [0.2, 0.25) is 5.02 Å². The molecule has 0 fully saturated rings. The lowest BCUT2D eigenvalue weighted by Gasteiger charge is -2.32. The lowest BCUT2D eigenvalue weighted by atomic mass is 10.2. The maximum absolute atomic E-state index is 14.0. The second-order valence-electron chi connectivity index (χ2n) is 7.01. The molecule has 28 heavy (non-hydrogen) atoms. The molecule has 0 aliphatic rings. The van der Waals surface area contributed by atoms with Gasteiger partial charge in [-0.2, -0.15) is 0 Å². The third-order valence-electron chi connectivity index (χ3n) is 4.65. The molecule has 154 valence electrons. The molecule has 2 aromatic rings. The monoisotopic (exact) mass is 423 g/mol. The van der Waals surface area contributed by atoms with Gasteiger partial charge >= 0.3 is 7.60 Å². The lowest BCUT2D eigenvalue weighted by Crippen LogP contribution is -2.26. The normalized spacial score (nSPS) is 16.9. The van der Waals surface area contributed by atoms with Gasteiger partial charge < -0.3 is 9.05 Å². The van der Waals surface area contributed by atoms with E-state index in [9.17, 15) is 4.57 Å². The van der Waals surface area contributed by atoms with Crippen LogP contribution in [0.25, 0.3) is 0 Å². The zero-order valence-corrected chi connectivity index (χ0v) is 18.7. The standard InChI is InChI=1S/C22H31ClNO3P/c1-5-17(3)26-28(25,27-18(4)6-2)22(20-12-14-21(23)15-13-20)24-16-19-10-8-7-9-11-19/h7-15,17-18,22,24H,5-6,16H2,1-4H3. The highest BCUT2D eigenvalue weighted by molar-refractivity contribution is 7.54. The van der Waals surface area contributed by atoms with Crippen LogP contribution >= 0.6 is 19.2 Å². The fraction of sp³-hybridized carbons (Fsp3) is 0.455. The highest BCUT2D eigenvalue weighted by Crippen LogP contribution is 2.61. The smallest absolute Gasteiger partial charge is 0.304 e. The van der Waals surface area contributed by atoms with Crippen LogP contribution in [-0.4, -0.2) is 12.2 Å². The van der Waals surface area contributed by atoms with E-state index in [0.717, 1.165) is 24.0 Å². The van der Waals surface area contributed by atoms with E-state index >= 15 is 0 Å². The van der Waals surface area contributed by atoms with E-state index < -0.39 is 13.4 Å². The van der Waals surface area contributed by atoms with E-state index in [4.69, 9.17) is 20.6 Å². The summed E-state index contributed by atoms with van der Waals surface area (Å²) in [7, 11) is -3.50. The first-order chi connectivity index (χ1) is 13.4. The first-order valence-corrected chi connectivity index (χ1v) is 11.9. The van der Waals surface area contributed by atoms with Crippen LogP contribution in [0.4, 0.5) is 0 Å². The Hall–Kier alpha value is -1.16. The zero-order chi connectivity index (χ0) is 20.6. The Bertz CT molecular complexity index is 738. The second kappa shape index (κ2) is 11.1. The van der Waals surface area contributed by atoms with Gasteiger partial charge in [-0.15, -0.1) is 0 Å². The van der Waals surface area contributed by atoms with Gasteiger partial charge in [0, 0.05) is 11.6 Å². The highest BCUT2D eigenvalue weighted by atomic mass is 35.5. The number of benzene rings is 2. The van der Waals surface area contributed by atoms with Gasteiger partial charge in [0.05, 0.1) is 12.2 Å². The Kier molecular flexibility index (Phi) is 9.20. The molecule has 3 unspecified atom stereocenters. The van der Waals surface area contributed by atoms with E-state index in [1.54, 1.807) is 12.1 Å². The van der Waals surface area contributed by atoms with Crippen LogP contribution in [0, 0.1) is 0 Å². The van der Waals surface area contributed by atoms with Gasteiger partial charge in [-0.1, -0.05) is 67.9 Å². The third kappa shape index (κ3) is 6.72. The fourth-order valence-corrected chi connectivity index (χ4v) is 5.24. The fourth-order valence-electron chi connectivity index (χ4n) is 2.66. The molecule has 3 atom stereocenters. The molecule has 1 N–H and O–H groups in total. The molecule has 0 aliphatic carbocycles. The number of halogens is 1. The Labute approximate surface area is 174 Å². The van der Waals surface area contributed by atoms with Gasteiger partial charge in [0.25, 0.3) is 0 Å². The van der Waals surface area contributed by atoms with Gasteiger partial charge in [-0.3, -0.25) is 9.88 Å². The molecule has 0 amide bonds. The molecule has 0 radical (unpaired) electrons. The average Bonchev–Trinajstić information content (AvgIpc) is 2.69. The molecule has 0 saturated heterocycles. The predicted octanol–water partition coefficient (Wildman–Crippen LogP) is 6.95. The molecule has 6 heteroatoms. The second-order valence-corrected chi connectivity index (χ2v) is 9.46. The minimum atomic E-state index is -3.50. The van der Waals surface area contributed by atoms with E-state index in [0.29, 0.717) is 11.6 Å². The van der Waals surface area contributed by atoms with Crippen molar-refractivity contribution < 1.29 is 13.6 Å². The van der Waals surface area contributed by atoms with Crippen molar-refractivity contribution in [3.05, 3.63) is 70.7 Å². The van der Waals surface area contributed by atoms with Crippen molar-refractivity contribution in [3.8, 4) is 0 Å². The molecule has 0 saturated carbocycles. The van der Waals surface area contributed by atoms with Crippen LogP contribution in [-0.2, 0) is 20.2 Å². The van der Waals surface area contributed by atoms with Gasteiger partial charge in [0.1, 0.15) is 5.78 Å². The van der Waals surface area contributed by atoms with Crippen molar-refractivity contribution in [1.82, 2.24) is 5.32 Å². The minimum Gasteiger partial charge on any atom is -0.304 e. The summed E-state index contributed by atoms with van der Waals surface area (Å²) in [6.07, 6.45) is 1.14. The molecule has 0 aromatic heterocycles. The zero-order valence-electron chi connectivity index (χ0n) is 17.1. The van der Waals surface area contributed by atoms with E-state index in [-0.39, 0.29) is 12.2 Å². The molecular formula is C22H31ClNO3P. The van der Waals surface area contributed by atoms with E-state index in [1.807, 2.05) is 70.2 Å². The van der Waals surface area contributed by atoms with Gasteiger partial charge in [-0.25, -0.2) is 0 Å². The first kappa shape index (κ1) is 23.1. The van der Waals surface area contributed by atoms with Gasteiger partial charge in [-0.05, 0) is 49.9 Å². The summed E-state index contributed by atoms with van der Waals surface area (Å²) < 4.78 is 26.1. The maximum atomic E-state index is 14.0. The molecule has 2 aromatic carbocycles. The summed E-state index contributed by atoms with van der Waals surface area (Å²) in [4.78, 5) is 0. The summed E-state index contributed by atoms with van der Waals surface area (Å²) in [5.74, 6) is -0.590. The van der Waals surface area contributed by atoms with Gasteiger partial charge in [0.15, 0.2) is 0 Å². The summed E-state index contributed by atoms with van der Waals surface area (Å²) in [6, 6.07) is 17.3. The Morgan fingerprint density at radius 3 is 1.96 bits per heavy atom. The third-order valence-corrected chi connectivity index (χ3v) is 7.32. The van der Waals surface area contributed by atoms with Crippen LogP contribution < -0.4 is 5.32 Å². The highest BCUT2D eigenvalue weighted by Gasteiger charge is 2.39. The number of hydrogen-bond acceptors (Lipinski definition) is 4. The largest absolute Gasteiger partial charge is 0.352 e. The molecule has 0 aliphatic heterocycles. The van der Waals surface area contributed by atoms with Crippen molar-refractivity contribution in [1.29, 1.82) is 0 Å². The van der Waals surface area contributed by atoms with Crippen molar-refractivity contribution in [2.24, 2.45) is 0 Å². The van der Waals surface area contributed by atoms with Crippen LogP contribution in [0.5, 0.6) is 0 Å². The molecule has 4 nitrogen and oxygen atoms in total. The molecule has 2 rings (SSSR count). The van der Waals surface area contributed by atoms with Crippen LogP contribution in [0.3, 0.4) is 0 Å². The summed E-state index contributed by atoms with van der Waals surface area (Å²) in [6.45, 7) is 8.40. The predicted molar refractivity (Wildman–Crippen MR) is 117 cm³/mol. The van der Waals surface area contributed by atoms with Crippen molar-refractivity contribution in [2.45, 2.75) is 65.1 Å². The molecule has 0 bridgehead atoms. The Balaban J connectivity index is 2.38. The quantitative estimate of drug-likeness (QED) is 0.397. The number of nitrogens with one attached hydrogen (secondary N) is 1. The van der Waals surface area contributed by atoms with Crippen molar-refractivity contribution >= 4 is 19.2 Å².